The third-order valence-electron chi connectivity index (χ3n) is 3.12. The first kappa shape index (κ1) is 14.3. The Morgan fingerprint density at radius 1 is 1.18 bits per heavy atom. The van der Waals surface area contributed by atoms with Crippen LogP contribution in [-0.4, -0.2) is 24.5 Å². The first-order chi connectivity index (χ1) is 10.5. The van der Waals surface area contributed by atoms with E-state index in [4.69, 9.17) is 0 Å². The Kier molecular flexibility index (Phi) is 3.66. The van der Waals surface area contributed by atoms with Crippen molar-refractivity contribution < 1.29 is 13.2 Å². The molecule has 0 bridgehead atoms. The highest BCUT2D eigenvalue weighted by Crippen LogP contribution is 2.26. The highest BCUT2D eigenvalue weighted by atomic mass is 19.3. The second-order valence-corrected chi connectivity index (χ2v) is 4.77. The maximum atomic E-state index is 13.6. The van der Waals surface area contributed by atoms with E-state index in [1.54, 1.807) is 35.0 Å². The zero-order valence-corrected chi connectivity index (χ0v) is 11.6. The van der Waals surface area contributed by atoms with E-state index in [0.717, 1.165) is 12.1 Å². The van der Waals surface area contributed by atoms with Crippen LogP contribution in [0.4, 0.5) is 13.2 Å². The third-order valence-corrected chi connectivity index (χ3v) is 3.12. The van der Waals surface area contributed by atoms with Crippen LogP contribution in [0.2, 0.25) is 0 Å². The molecule has 0 amide bonds. The molecule has 0 atom stereocenters. The molecular weight excluding hydrogens is 295 g/mol. The Labute approximate surface area is 124 Å². The van der Waals surface area contributed by atoms with E-state index in [-0.39, 0.29) is 0 Å². The molecule has 3 aromatic rings. The highest BCUT2D eigenvalue weighted by molar-refractivity contribution is 5.59. The van der Waals surface area contributed by atoms with Crippen molar-refractivity contribution >= 4 is 0 Å². The molecule has 0 fully saturated rings. The van der Waals surface area contributed by atoms with Crippen LogP contribution in [0.5, 0.6) is 0 Å². The molecule has 8 heteroatoms. The molecule has 0 radical (unpaired) electrons. The molecule has 2 aromatic heterocycles. The maximum absolute atomic E-state index is 13.6. The minimum Gasteiger partial charge on any atom is -0.264 e. The van der Waals surface area contributed by atoms with Gasteiger partial charge in [0.05, 0.1) is 11.3 Å². The smallest absolute Gasteiger partial charge is 0.264 e. The van der Waals surface area contributed by atoms with Gasteiger partial charge in [0.2, 0.25) is 0 Å². The van der Waals surface area contributed by atoms with E-state index in [0.29, 0.717) is 23.6 Å². The van der Waals surface area contributed by atoms with Crippen molar-refractivity contribution in [2.75, 3.05) is 0 Å². The fourth-order valence-corrected chi connectivity index (χ4v) is 2.07. The quantitative estimate of drug-likeness (QED) is 0.744. The maximum Gasteiger partial charge on any atom is 0.266 e. The molecule has 2 heterocycles. The number of hydrogen-bond donors (Lipinski definition) is 0. The minimum absolute atomic E-state index is 0.373. The molecule has 22 heavy (non-hydrogen) atoms. The highest BCUT2D eigenvalue weighted by Gasteiger charge is 2.14. The summed E-state index contributed by atoms with van der Waals surface area (Å²) in [6.07, 6.45) is 0.449. The summed E-state index contributed by atoms with van der Waals surface area (Å²) in [5, 5.41) is 8.41. The number of benzene rings is 1. The molecule has 0 saturated heterocycles. The summed E-state index contributed by atoms with van der Waals surface area (Å²) < 4.78 is 41.9. The van der Waals surface area contributed by atoms with Gasteiger partial charge in [0.1, 0.15) is 18.7 Å². The monoisotopic (exact) mass is 307 g/mol. The minimum atomic E-state index is -2.83. The third kappa shape index (κ3) is 2.85. The van der Waals surface area contributed by atoms with E-state index in [1.807, 2.05) is 0 Å². The summed E-state index contributed by atoms with van der Waals surface area (Å²) >= 11 is 0. The zero-order valence-electron chi connectivity index (χ0n) is 11.6. The van der Waals surface area contributed by atoms with Crippen molar-refractivity contribution in [3.05, 3.63) is 54.0 Å². The molecule has 0 saturated carbocycles. The molecular formula is C14H12F3N5. The van der Waals surface area contributed by atoms with Crippen LogP contribution in [0, 0.1) is 5.82 Å². The van der Waals surface area contributed by atoms with Crippen LogP contribution >= 0.6 is 0 Å². The number of alkyl halides is 2. The van der Waals surface area contributed by atoms with Gasteiger partial charge >= 0.3 is 0 Å². The van der Waals surface area contributed by atoms with Crippen molar-refractivity contribution in [1.29, 1.82) is 0 Å². The average molecular weight is 307 g/mol. The van der Waals surface area contributed by atoms with Crippen molar-refractivity contribution in [3.63, 3.8) is 0 Å². The standard InChI is InChI=1S/C14H12F3N5/c1-21-8-18-13(20-21)7-22-5-4-12(19-22)9-2-3-10(14(16)17)11(15)6-9/h2-6,8,14H,7H2,1H3. The SMILES string of the molecule is Cn1cnc(Cn2ccc(-c3ccc(C(F)F)c(F)c3)n2)n1. The Balaban J connectivity index is 1.83. The predicted octanol–water partition coefficient (Wildman–Crippen LogP) is 2.80. The molecule has 0 aliphatic carbocycles. The summed E-state index contributed by atoms with van der Waals surface area (Å²) in [7, 11) is 1.76. The van der Waals surface area contributed by atoms with Gasteiger partial charge in [0, 0.05) is 18.8 Å². The Hall–Kier alpha value is -2.64. The molecule has 3 rings (SSSR count). The normalized spacial score (nSPS) is 11.3. The Morgan fingerprint density at radius 2 is 2.00 bits per heavy atom. The lowest BCUT2D eigenvalue weighted by Gasteiger charge is -2.03. The molecule has 0 aliphatic heterocycles. The lowest BCUT2D eigenvalue weighted by atomic mass is 10.1. The second-order valence-electron chi connectivity index (χ2n) is 4.77. The van der Waals surface area contributed by atoms with Crippen molar-refractivity contribution in [3.8, 4) is 11.3 Å². The van der Waals surface area contributed by atoms with E-state index >= 15 is 0 Å². The lowest BCUT2D eigenvalue weighted by Crippen LogP contribution is -2.03. The molecule has 0 spiro atoms. The molecule has 0 aliphatic rings. The number of hydrogen-bond acceptors (Lipinski definition) is 3. The van der Waals surface area contributed by atoms with E-state index in [1.165, 1.54) is 6.07 Å². The van der Waals surface area contributed by atoms with Crippen molar-refractivity contribution in [2.45, 2.75) is 13.0 Å². The number of aromatic nitrogens is 5. The molecule has 114 valence electrons. The summed E-state index contributed by atoms with van der Waals surface area (Å²) in [6, 6.07) is 5.25. The van der Waals surface area contributed by atoms with Crippen molar-refractivity contribution in [1.82, 2.24) is 24.5 Å². The molecule has 5 nitrogen and oxygen atoms in total. The lowest BCUT2D eigenvalue weighted by molar-refractivity contribution is 0.146. The van der Waals surface area contributed by atoms with Gasteiger partial charge in [-0.25, -0.2) is 18.2 Å². The largest absolute Gasteiger partial charge is 0.266 e. The number of nitrogens with zero attached hydrogens (tertiary/aromatic N) is 5. The fourth-order valence-electron chi connectivity index (χ4n) is 2.07. The van der Waals surface area contributed by atoms with Gasteiger partial charge < -0.3 is 0 Å². The number of aryl methyl sites for hydroxylation is 1. The van der Waals surface area contributed by atoms with Gasteiger partial charge in [-0.2, -0.15) is 10.2 Å². The number of halogens is 3. The van der Waals surface area contributed by atoms with Crippen LogP contribution in [-0.2, 0) is 13.6 Å². The Morgan fingerprint density at radius 3 is 2.64 bits per heavy atom. The van der Waals surface area contributed by atoms with E-state index in [9.17, 15) is 13.2 Å². The topological polar surface area (TPSA) is 48.5 Å². The fraction of sp³-hybridized carbons (Fsp3) is 0.214. The van der Waals surface area contributed by atoms with Gasteiger partial charge in [-0.05, 0) is 18.2 Å². The van der Waals surface area contributed by atoms with Crippen LogP contribution in [0.25, 0.3) is 11.3 Å². The van der Waals surface area contributed by atoms with Gasteiger partial charge in [0.25, 0.3) is 6.43 Å². The first-order valence-corrected chi connectivity index (χ1v) is 6.49. The van der Waals surface area contributed by atoms with Crippen LogP contribution in [0.3, 0.4) is 0 Å². The predicted molar refractivity (Wildman–Crippen MR) is 72.7 cm³/mol. The van der Waals surface area contributed by atoms with Crippen molar-refractivity contribution in [2.24, 2.45) is 7.05 Å². The first-order valence-electron chi connectivity index (χ1n) is 6.49. The molecule has 1 aromatic carbocycles. The Bertz CT molecular complexity index is 793. The number of rotatable bonds is 4. The summed E-state index contributed by atoms with van der Waals surface area (Å²) in [5.41, 5.74) is 0.325. The second kappa shape index (κ2) is 5.63. The van der Waals surface area contributed by atoms with Gasteiger partial charge in [-0.15, -0.1) is 0 Å². The van der Waals surface area contributed by atoms with Crippen LogP contribution in [0.15, 0.2) is 36.8 Å². The summed E-state index contributed by atoms with van der Waals surface area (Å²) in [5.74, 6) is -0.343. The van der Waals surface area contributed by atoms with E-state index < -0.39 is 17.8 Å². The summed E-state index contributed by atoms with van der Waals surface area (Å²) in [6.45, 7) is 0.373. The van der Waals surface area contributed by atoms with Crippen LogP contribution < -0.4 is 0 Å². The van der Waals surface area contributed by atoms with E-state index in [2.05, 4.69) is 15.2 Å². The zero-order chi connectivity index (χ0) is 15.7. The summed E-state index contributed by atoms with van der Waals surface area (Å²) in [4.78, 5) is 4.09. The van der Waals surface area contributed by atoms with Crippen LogP contribution in [0.1, 0.15) is 17.8 Å². The van der Waals surface area contributed by atoms with Gasteiger partial charge in [-0.3, -0.25) is 9.36 Å². The average Bonchev–Trinajstić information content (AvgIpc) is 3.08. The molecule has 0 unspecified atom stereocenters. The van der Waals surface area contributed by atoms with Gasteiger partial charge in [-0.1, -0.05) is 6.07 Å². The molecule has 0 N–H and O–H groups in total. The van der Waals surface area contributed by atoms with Gasteiger partial charge in [0.15, 0.2) is 5.82 Å².